The minimum absolute atomic E-state index is 0.0144. The molecule has 1 aromatic carbocycles. The van der Waals surface area contributed by atoms with E-state index in [2.05, 4.69) is 10.3 Å². The van der Waals surface area contributed by atoms with Crippen molar-refractivity contribution < 1.29 is 9.72 Å². The fourth-order valence-corrected chi connectivity index (χ4v) is 1.88. The van der Waals surface area contributed by atoms with Crippen LogP contribution in [-0.2, 0) is 0 Å². The predicted molar refractivity (Wildman–Crippen MR) is 79.6 cm³/mol. The standard InChI is InChI=1S/C14H14N4O3/c1-15-13-9-16-8-7-12(13)14(19)17(2)10-3-5-11(6-4-10)18(20)21/h3-9,15H,1-2H3. The lowest BCUT2D eigenvalue weighted by molar-refractivity contribution is -0.384. The van der Waals surface area contributed by atoms with Crippen molar-refractivity contribution in [3.05, 3.63) is 58.4 Å². The average Bonchev–Trinajstić information content (AvgIpc) is 2.53. The van der Waals surface area contributed by atoms with Crippen molar-refractivity contribution in [2.45, 2.75) is 0 Å². The molecule has 7 heteroatoms. The monoisotopic (exact) mass is 286 g/mol. The van der Waals surface area contributed by atoms with E-state index < -0.39 is 4.92 Å². The molecule has 0 aliphatic heterocycles. The van der Waals surface area contributed by atoms with E-state index in [1.54, 1.807) is 26.4 Å². The van der Waals surface area contributed by atoms with Gasteiger partial charge < -0.3 is 10.2 Å². The van der Waals surface area contributed by atoms with Crippen LogP contribution in [0.15, 0.2) is 42.7 Å². The first-order valence-corrected chi connectivity index (χ1v) is 6.19. The number of nitro benzene ring substituents is 1. The van der Waals surface area contributed by atoms with E-state index >= 15 is 0 Å². The third-order valence-electron chi connectivity index (χ3n) is 3.07. The Morgan fingerprint density at radius 3 is 2.52 bits per heavy atom. The van der Waals surface area contributed by atoms with Gasteiger partial charge in [-0.1, -0.05) is 0 Å². The van der Waals surface area contributed by atoms with Crippen LogP contribution >= 0.6 is 0 Å². The van der Waals surface area contributed by atoms with Crippen LogP contribution in [0.2, 0.25) is 0 Å². The van der Waals surface area contributed by atoms with Crippen molar-refractivity contribution in [3.63, 3.8) is 0 Å². The molecule has 2 rings (SSSR count). The van der Waals surface area contributed by atoms with E-state index in [0.29, 0.717) is 16.9 Å². The molecule has 0 aliphatic carbocycles. The number of hydrogen-bond acceptors (Lipinski definition) is 5. The Hall–Kier alpha value is -2.96. The number of pyridine rings is 1. The number of anilines is 2. The summed E-state index contributed by atoms with van der Waals surface area (Å²) in [5.41, 5.74) is 1.66. The molecule has 108 valence electrons. The lowest BCUT2D eigenvalue weighted by atomic mass is 10.2. The summed E-state index contributed by atoms with van der Waals surface area (Å²) in [5.74, 6) is -0.226. The number of aromatic nitrogens is 1. The number of rotatable bonds is 4. The number of carbonyl (C=O) groups is 1. The highest BCUT2D eigenvalue weighted by Gasteiger charge is 2.17. The molecule has 1 amide bonds. The second kappa shape index (κ2) is 6.00. The molecule has 0 atom stereocenters. The van der Waals surface area contributed by atoms with Gasteiger partial charge in [0.15, 0.2) is 0 Å². The summed E-state index contributed by atoms with van der Waals surface area (Å²) in [6, 6.07) is 7.43. The van der Waals surface area contributed by atoms with E-state index in [1.807, 2.05) is 0 Å². The molecule has 0 fully saturated rings. The van der Waals surface area contributed by atoms with Crippen molar-refractivity contribution in [2.75, 3.05) is 24.3 Å². The lowest BCUT2D eigenvalue weighted by Crippen LogP contribution is -2.27. The van der Waals surface area contributed by atoms with Gasteiger partial charge in [-0.3, -0.25) is 19.9 Å². The van der Waals surface area contributed by atoms with E-state index in [1.165, 1.54) is 35.4 Å². The van der Waals surface area contributed by atoms with Crippen molar-refractivity contribution in [1.29, 1.82) is 0 Å². The molecular formula is C14H14N4O3. The molecule has 0 saturated carbocycles. The molecule has 0 unspecified atom stereocenters. The summed E-state index contributed by atoms with van der Waals surface area (Å²) in [5, 5.41) is 13.5. The number of nitrogens with zero attached hydrogens (tertiary/aromatic N) is 3. The van der Waals surface area contributed by atoms with Crippen LogP contribution in [0.5, 0.6) is 0 Å². The Balaban J connectivity index is 2.28. The number of nitrogens with one attached hydrogen (secondary N) is 1. The van der Waals surface area contributed by atoms with Gasteiger partial charge in [-0.2, -0.15) is 0 Å². The van der Waals surface area contributed by atoms with Crippen LogP contribution in [0.25, 0.3) is 0 Å². The zero-order chi connectivity index (χ0) is 15.4. The maximum Gasteiger partial charge on any atom is 0.269 e. The van der Waals surface area contributed by atoms with E-state index in [0.717, 1.165) is 0 Å². The minimum Gasteiger partial charge on any atom is -0.386 e. The number of non-ortho nitro benzene ring substituents is 1. The number of amides is 1. The zero-order valence-corrected chi connectivity index (χ0v) is 11.6. The maximum absolute atomic E-state index is 12.5. The van der Waals surface area contributed by atoms with Crippen molar-refractivity contribution in [1.82, 2.24) is 4.98 Å². The summed E-state index contributed by atoms with van der Waals surface area (Å²) >= 11 is 0. The maximum atomic E-state index is 12.5. The average molecular weight is 286 g/mol. The van der Waals surface area contributed by atoms with Crippen LogP contribution in [-0.4, -0.2) is 29.9 Å². The highest BCUT2D eigenvalue weighted by molar-refractivity contribution is 6.09. The topological polar surface area (TPSA) is 88.4 Å². The Kier molecular flexibility index (Phi) is 4.13. The molecule has 2 aromatic rings. The first kappa shape index (κ1) is 14.4. The fourth-order valence-electron chi connectivity index (χ4n) is 1.88. The highest BCUT2D eigenvalue weighted by atomic mass is 16.6. The predicted octanol–water partition coefficient (Wildman–Crippen LogP) is 2.31. The Morgan fingerprint density at radius 1 is 1.29 bits per heavy atom. The van der Waals surface area contributed by atoms with E-state index in [9.17, 15) is 14.9 Å². The van der Waals surface area contributed by atoms with Crippen molar-refractivity contribution in [3.8, 4) is 0 Å². The number of carbonyl (C=O) groups excluding carboxylic acids is 1. The normalized spacial score (nSPS) is 10.0. The van der Waals surface area contributed by atoms with Gasteiger partial charge in [-0.15, -0.1) is 0 Å². The highest BCUT2D eigenvalue weighted by Crippen LogP contribution is 2.22. The molecule has 1 N–H and O–H groups in total. The number of nitro groups is 1. The van der Waals surface area contributed by atoms with Gasteiger partial charge in [-0.25, -0.2) is 0 Å². The molecule has 1 aromatic heterocycles. The van der Waals surface area contributed by atoms with E-state index in [4.69, 9.17) is 0 Å². The molecule has 21 heavy (non-hydrogen) atoms. The van der Waals surface area contributed by atoms with Gasteiger partial charge in [-0.05, 0) is 18.2 Å². The lowest BCUT2D eigenvalue weighted by Gasteiger charge is -2.18. The molecule has 0 saturated heterocycles. The second-order valence-electron chi connectivity index (χ2n) is 4.31. The zero-order valence-electron chi connectivity index (χ0n) is 11.6. The Morgan fingerprint density at radius 2 is 1.95 bits per heavy atom. The summed E-state index contributed by atoms with van der Waals surface area (Å²) < 4.78 is 0. The fraction of sp³-hybridized carbons (Fsp3) is 0.143. The molecule has 7 nitrogen and oxygen atoms in total. The molecular weight excluding hydrogens is 272 g/mol. The largest absolute Gasteiger partial charge is 0.386 e. The van der Waals surface area contributed by atoms with Gasteiger partial charge >= 0.3 is 0 Å². The third kappa shape index (κ3) is 2.97. The summed E-state index contributed by atoms with van der Waals surface area (Å²) in [4.78, 5) is 28.0. The molecule has 0 bridgehead atoms. The first-order chi connectivity index (χ1) is 10.0. The van der Waals surface area contributed by atoms with Crippen LogP contribution in [0, 0.1) is 10.1 Å². The minimum atomic E-state index is -0.479. The van der Waals surface area contributed by atoms with Gasteiger partial charge in [0, 0.05) is 38.1 Å². The smallest absolute Gasteiger partial charge is 0.269 e. The summed E-state index contributed by atoms with van der Waals surface area (Å²) in [7, 11) is 3.32. The van der Waals surface area contributed by atoms with Crippen LogP contribution < -0.4 is 10.2 Å². The van der Waals surface area contributed by atoms with Crippen LogP contribution in [0.3, 0.4) is 0 Å². The van der Waals surface area contributed by atoms with E-state index in [-0.39, 0.29) is 11.6 Å². The molecule has 0 spiro atoms. The SMILES string of the molecule is CNc1cnccc1C(=O)N(C)c1ccc([N+](=O)[O-])cc1. The summed E-state index contributed by atoms with van der Waals surface area (Å²) in [6.45, 7) is 0. The van der Waals surface area contributed by atoms with Crippen LogP contribution in [0.4, 0.5) is 17.1 Å². The molecule has 0 radical (unpaired) electrons. The number of hydrogen-bond donors (Lipinski definition) is 1. The van der Waals surface area contributed by atoms with Crippen molar-refractivity contribution >= 4 is 23.0 Å². The van der Waals surface area contributed by atoms with Gasteiger partial charge in [0.05, 0.1) is 22.4 Å². The van der Waals surface area contributed by atoms with Crippen molar-refractivity contribution in [2.24, 2.45) is 0 Å². The Bertz CT molecular complexity index is 670. The van der Waals surface area contributed by atoms with Gasteiger partial charge in [0.25, 0.3) is 11.6 Å². The van der Waals surface area contributed by atoms with Crippen LogP contribution in [0.1, 0.15) is 10.4 Å². The molecule has 1 heterocycles. The first-order valence-electron chi connectivity index (χ1n) is 6.19. The van der Waals surface area contributed by atoms with Gasteiger partial charge in [0.2, 0.25) is 0 Å². The summed E-state index contributed by atoms with van der Waals surface area (Å²) in [6.07, 6.45) is 3.11. The quantitative estimate of drug-likeness (QED) is 0.688. The second-order valence-corrected chi connectivity index (χ2v) is 4.31. The molecule has 0 aliphatic rings. The third-order valence-corrected chi connectivity index (χ3v) is 3.07. The number of benzene rings is 1. The van der Waals surface area contributed by atoms with Gasteiger partial charge in [0.1, 0.15) is 0 Å². The Labute approximate surface area is 121 Å².